The van der Waals surface area contributed by atoms with E-state index >= 15 is 0 Å². The zero-order chi connectivity index (χ0) is 12.3. The average molecular weight is 258 g/mol. The largest absolute Gasteiger partial charge is 0.476 e. The summed E-state index contributed by atoms with van der Waals surface area (Å²) < 4.78 is 5.22. The Morgan fingerprint density at radius 2 is 2.24 bits per heavy atom. The van der Waals surface area contributed by atoms with E-state index in [0.29, 0.717) is 25.6 Å². The van der Waals surface area contributed by atoms with E-state index in [9.17, 15) is 4.79 Å². The van der Waals surface area contributed by atoms with Crippen LogP contribution in [0.4, 0.5) is 0 Å². The molecule has 1 aliphatic rings. The average Bonchev–Trinajstić information content (AvgIpc) is 2.32. The van der Waals surface area contributed by atoms with Gasteiger partial charge in [0.05, 0.1) is 31.0 Å². The van der Waals surface area contributed by atoms with E-state index in [2.05, 4.69) is 14.9 Å². The van der Waals surface area contributed by atoms with Gasteiger partial charge in [-0.2, -0.15) is 0 Å². The highest BCUT2D eigenvalue weighted by atomic mass is 35.5. The zero-order valence-electron chi connectivity index (χ0n) is 9.10. The molecule has 1 saturated heterocycles. The van der Waals surface area contributed by atoms with Gasteiger partial charge in [-0.15, -0.1) is 0 Å². The molecule has 1 aromatic heterocycles. The van der Waals surface area contributed by atoms with Crippen LogP contribution in [0.2, 0.25) is 5.02 Å². The first-order chi connectivity index (χ1) is 8.16. The number of morpholine rings is 1. The van der Waals surface area contributed by atoms with Crippen LogP contribution in [0.1, 0.15) is 16.3 Å². The Kier molecular flexibility index (Phi) is 3.88. The maximum atomic E-state index is 10.9. The fraction of sp³-hybridized carbons (Fsp3) is 0.500. The third-order valence-corrected chi connectivity index (χ3v) is 2.74. The molecule has 0 aliphatic carbocycles. The second-order valence-electron chi connectivity index (χ2n) is 3.68. The Labute approximate surface area is 103 Å². The van der Waals surface area contributed by atoms with Crippen molar-refractivity contribution in [2.75, 3.05) is 26.3 Å². The molecule has 0 atom stereocenters. The van der Waals surface area contributed by atoms with Gasteiger partial charge < -0.3 is 9.84 Å². The number of halogens is 1. The molecule has 92 valence electrons. The van der Waals surface area contributed by atoms with Gasteiger partial charge in [-0.25, -0.2) is 14.8 Å². The van der Waals surface area contributed by atoms with Gasteiger partial charge in [-0.3, -0.25) is 4.90 Å². The maximum absolute atomic E-state index is 10.9. The maximum Gasteiger partial charge on any atom is 0.356 e. The fourth-order valence-corrected chi connectivity index (χ4v) is 1.76. The number of hydrogen-bond acceptors (Lipinski definition) is 5. The molecule has 7 heteroatoms. The number of ether oxygens (including phenoxy) is 1. The van der Waals surface area contributed by atoms with Crippen molar-refractivity contribution >= 4 is 17.6 Å². The fourth-order valence-electron chi connectivity index (χ4n) is 1.59. The van der Waals surface area contributed by atoms with Crippen LogP contribution in [-0.2, 0) is 11.3 Å². The summed E-state index contributed by atoms with van der Waals surface area (Å²) >= 11 is 5.69. The lowest BCUT2D eigenvalue weighted by atomic mass is 10.3. The lowest BCUT2D eigenvalue weighted by Gasteiger charge is -2.25. The second kappa shape index (κ2) is 5.39. The predicted octanol–water partition coefficient (Wildman–Crippen LogP) is 0.660. The molecule has 1 N–H and O–H groups in total. The van der Waals surface area contributed by atoms with Gasteiger partial charge in [0, 0.05) is 13.1 Å². The number of rotatable bonds is 3. The molecule has 0 bridgehead atoms. The van der Waals surface area contributed by atoms with Crippen LogP contribution >= 0.6 is 11.6 Å². The minimum Gasteiger partial charge on any atom is -0.476 e. The van der Waals surface area contributed by atoms with Gasteiger partial charge in [0.25, 0.3) is 0 Å². The number of carboxylic acid groups (broad SMARTS) is 1. The lowest BCUT2D eigenvalue weighted by molar-refractivity contribution is 0.0329. The highest BCUT2D eigenvalue weighted by Gasteiger charge is 2.16. The molecule has 1 fully saturated rings. The molecule has 0 unspecified atom stereocenters. The summed E-state index contributed by atoms with van der Waals surface area (Å²) in [6.07, 6.45) is 1.33. The summed E-state index contributed by atoms with van der Waals surface area (Å²) in [4.78, 5) is 20.9. The van der Waals surface area contributed by atoms with Gasteiger partial charge >= 0.3 is 5.97 Å². The summed E-state index contributed by atoms with van der Waals surface area (Å²) in [5.41, 5.74) is -0.148. The highest BCUT2D eigenvalue weighted by Crippen LogP contribution is 2.13. The molecule has 1 aliphatic heterocycles. The van der Waals surface area contributed by atoms with Crippen molar-refractivity contribution < 1.29 is 14.6 Å². The number of aromatic nitrogens is 2. The van der Waals surface area contributed by atoms with Crippen molar-refractivity contribution in [1.29, 1.82) is 0 Å². The molecule has 6 nitrogen and oxygen atoms in total. The topological polar surface area (TPSA) is 75.5 Å². The molecular weight excluding hydrogens is 246 g/mol. The zero-order valence-corrected chi connectivity index (χ0v) is 9.85. The molecule has 0 radical (unpaired) electrons. The first-order valence-corrected chi connectivity index (χ1v) is 5.59. The van der Waals surface area contributed by atoms with Crippen molar-refractivity contribution in [1.82, 2.24) is 14.9 Å². The summed E-state index contributed by atoms with van der Waals surface area (Å²) in [5, 5.41) is 8.95. The lowest BCUT2D eigenvalue weighted by Crippen LogP contribution is -2.36. The van der Waals surface area contributed by atoms with Gasteiger partial charge in [-0.1, -0.05) is 11.6 Å². The van der Waals surface area contributed by atoms with Crippen LogP contribution in [0.15, 0.2) is 6.20 Å². The van der Waals surface area contributed by atoms with Crippen molar-refractivity contribution in [2.24, 2.45) is 0 Å². The molecule has 0 saturated carbocycles. The van der Waals surface area contributed by atoms with E-state index in [4.69, 9.17) is 21.4 Å². The summed E-state index contributed by atoms with van der Waals surface area (Å²) in [7, 11) is 0. The highest BCUT2D eigenvalue weighted by molar-refractivity contribution is 6.33. The van der Waals surface area contributed by atoms with Crippen LogP contribution < -0.4 is 0 Å². The number of nitrogens with zero attached hydrogens (tertiary/aromatic N) is 3. The quantitative estimate of drug-likeness (QED) is 0.857. The normalized spacial score (nSPS) is 17.0. The summed E-state index contributed by atoms with van der Waals surface area (Å²) in [6.45, 7) is 3.47. The van der Waals surface area contributed by atoms with Crippen molar-refractivity contribution in [3.63, 3.8) is 0 Å². The van der Waals surface area contributed by atoms with Crippen LogP contribution in [0.3, 0.4) is 0 Å². The Balaban J connectivity index is 2.10. The molecule has 0 aromatic carbocycles. The number of carbonyl (C=O) groups is 1. The van der Waals surface area contributed by atoms with Gasteiger partial charge in [0.15, 0.2) is 5.69 Å². The Bertz CT molecular complexity index is 421. The van der Waals surface area contributed by atoms with Gasteiger partial charge in [-0.05, 0) is 0 Å². The number of aromatic carboxylic acids is 1. The predicted molar refractivity (Wildman–Crippen MR) is 60.1 cm³/mol. The van der Waals surface area contributed by atoms with Gasteiger partial charge in [0.2, 0.25) is 0 Å². The first kappa shape index (κ1) is 12.2. The molecule has 0 spiro atoms. The Morgan fingerprint density at radius 1 is 1.53 bits per heavy atom. The molecule has 2 heterocycles. The van der Waals surface area contributed by atoms with E-state index in [1.807, 2.05) is 0 Å². The van der Waals surface area contributed by atoms with E-state index in [1.54, 1.807) is 0 Å². The Hall–Kier alpha value is -1.24. The van der Waals surface area contributed by atoms with Crippen molar-refractivity contribution in [3.8, 4) is 0 Å². The molecule has 17 heavy (non-hydrogen) atoms. The summed E-state index contributed by atoms with van der Waals surface area (Å²) in [5.74, 6) is -0.672. The molecule has 0 amide bonds. The minimum absolute atomic E-state index is 0.0585. The first-order valence-electron chi connectivity index (χ1n) is 5.21. The summed E-state index contributed by atoms with van der Waals surface area (Å²) in [6, 6.07) is 0. The van der Waals surface area contributed by atoms with Gasteiger partial charge in [0.1, 0.15) is 5.82 Å². The van der Waals surface area contributed by atoms with Crippen LogP contribution in [-0.4, -0.2) is 52.2 Å². The van der Waals surface area contributed by atoms with Crippen LogP contribution in [0.25, 0.3) is 0 Å². The molecular formula is C10H12ClN3O3. The standard InChI is InChI=1S/C10H12ClN3O3/c11-7-5-12-8(13-9(7)10(15)16)6-14-1-3-17-4-2-14/h5H,1-4,6H2,(H,15,16). The minimum atomic E-state index is -1.14. The van der Waals surface area contributed by atoms with E-state index in [0.717, 1.165) is 13.1 Å². The number of carboxylic acids is 1. The molecule has 2 rings (SSSR count). The third-order valence-electron chi connectivity index (χ3n) is 2.47. The van der Waals surface area contributed by atoms with Crippen LogP contribution in [0.5, 0.6) is 0 Å². The molecule has 1 aromatic rings. The second-order valence-corrected chi connectivity index (χ2v) is 4.08. The monoisotopic (exact) mass is 257 g/mol. The van der Waals surface area contributed by atoms with E-state index in [1.165, 1.54) is 6.20 Å². The van der Waals surface area contributed by atoms with Crippen LogP contribution in [0, 0.1) is 0 Å². The van der Waals surface area contributed by atoms with Crippen molar-refractivity contribution in [3.05, 3.63) is 22.7 Å². The SMILES string of the molecule is O=C(O)c1nc(CN2CCOCC2)ncc1Cl. The number of hydrogen-bond donors (Lipinski definition) is 1. The van der Waals surface area contributed by atoms with E-state index in [-0.39, 0.29) is 10.7 Å². The third kappa shape index (κ3) is 3.12. The van der Waals surface area contributed by atoms with Crippen molar-refractivity contribution in [2.45, 2.75) is 6.54 Å². The Morgan fingerprint density at radius 3 is 2.88 bits per heavy atom. The van der Waals surface area contributed by atoms with E-state index < -0.39 is 5.97 Å². The smallest absolute Gasteiger partial charge is 0.356 e.